The van der Waals surface area contributed by atoms with Crippen LogP contribution in [-0.2, 0) is 13.1 Å². The van der Waals surface area contributed by atoms with E-state index in [0.29, 0.717) is 36.3 Å². The Morgan fingerprint density at radius 2 is 1.69 bits per heavy atom. The summed E-state index contributed by atoms with van der Waals surface area (Å²) in [6, 6.07) is 9.41. The molecule has 0 unspecified atom stereocenters. The monoisotopic (exact) mass is 512 g/mol. The van der Waals surface area contributed by atoms with E-state index in [4.69, 9.17) is 14.2 Å². The molecule has 0 saturated heterocycles. The summed E-state index contributed by atoms with van der Waals surface area (Å²) < 4.78 is 18.2. The van der Waals surface area contributed by atoms with Gasteiger partial charge in [-0.1, -0.05) is 6.07 Å². The molecule has 9 nitrogen and oxygen atoms in total. The molecular weight excluding hydrogens is 487 g/mol. The van der Waals surface area contributed by atoms with Gasteiger partial charge < -0.3 is 24.8 Å². The number of rotatable bonds is 7. The predicted molar refractivity (Wildman–Crippen MR) is 122 cm³/mol. The molecule has 0 atom stereocenters. The molecule has 3 rings (SSSR count). The Balaban J connectivity index is 0.00000300. The minimum Gasteiger partial charge on any atom is -0.496 e. The van der Waals surface area contributed by atoms with Crippen molar-refractivity contribution in [3.8, 4) is 17.2 Å². The number of fused-ring (bicyclic) bond motifs is 1. The van der Waals surface area contributed by atoms with Gasteiger partial charge >= 0.3 is 0 Å². The van der Waals surface area contributed by atoms with Gasteiger partial charge in [-0.3, -0.25) is 9.39 Å². The average molecular weight is 512 g/mol. The van der Waals surface area contributed by atoms with Gasteiger partial charge in [-0.05, 0) is 12.1 Å². The minimum absolute atomic E-state index is 0. The fourth-order valence-electron chi connectivity index (χ4n) is 2.82. The SMILES string of the molecule is CN=C(NCc1c(OC)cc(OC)cc1OC)NCc1nnc2ccccn12.I. The van der Waals surface area contributed by atoms with E-state index >= 15 is 0 Å². The molecule has 0 bridgehead atoms. The zero-order valence-electron chi connectivity index (χ0n) is 16.8. The Kier molecular flexibility index (Phi) is 8.31. The van der Waals surface area contributed by atoms with Crippen molar-refractivity contribution in [2.45, 2.75) is 13.1 Å². The molecule has 0 saturated carbocycles. The van der Waals surface area contributed by atoms with E-state index in [-0.39, 0.29) is 24.0 Å². The summed E-state index contributed by atoms with van der Waals surface area (Å²) in [6.07, 6.45) is 1.93. The van der Waals surface area contributed by atoms with Gasteiger partial charge in [0.2, 0.25) is 0 Å². The van der Waals surface area contributed by atoms with Crippen LogP contribution < -0.4 is 24.8 Å². The number of hydrogen-bond donors (Lipinski definition) is 2. The Morgan fingerprint density at radius 3 is 2.31 bits per heavy atom. The fraction of sp³-hybridized carbons (Fsp3) is 0.316. The number of guanidine groups is 1. The van der Waals surface area contributed by atoms with E-state index in [9.17, 15) is 0 Å². The zero-order chi connectivity index (χ0) is 19.9. The van der Waals surface area contributed by atoms with Crippen LogP contribution in [0.25, 0.3) is 5.65 Å². The van der Waals surface area contributed by atoms with Crippen LogP contribution in [0.2, 0.25) is 0 Å². The third-order valence-electron chi connectivity index (χ3n) is 4.27. The smallest absolute Gasteiger partial charge is 0.191 e. The molecule has 2 heterocycles. The van der Waals surface area contributed by atoms with Crippen LogP contribution in [0.5, 0.6) is 17.2 Å². The van der Waals surface area contributed by atoms with Crippen LogP contribution in [0.4, 0.5) is 0 Å². The van der Waals surface area contributed by atoms with Crippen molar-refractivity contribution in [1.82, 2.24) is 25.2 Å². The standard InChI is InChI=1S/C19H24N6O3.HI/c1-20-19(22-12-18-24-23-17-7-5-6-8-25(17)18)21-11-14-15(27-3)9-13(26-2)10-16(14)28-4;/h5-10H,11-12H2,1-4H3,(H2,20,21,22);1H. The van der Waals surface area contributed by atoms with Gasteiger partial charge in [0.05, 0.1) is 40.0 Å². The van der Waals surface area contributed by atoms with Gasteiger partial charge in [-0.2, -0.15) is 0 Å². The third kappa shape index (κ3) is 5.19. The minimum atomic E-state index is 0. The van der Waals surface area contributed by atoms with Crippen molar-refractivity contribution in [3.05, 3.63) is 47.9 Å². The molecule has 3 aromatic rings. The van der Waals surface area contributed by atoms with E-state index in [1.54, 1.807) is 28.4 Å². The second-order valence-corrected chi connectivity index (χ2v) is 5.83. The van der Waals surface area contributed by atoms with Crippen molar-refractivity contribution in [2.24, 2.45) is 4.99 Å². The summed E-state index contributed by atoms with van der Waals surface area (Å²) >= 11 is 0. The van der Waals surface area contributed by atoms with E-state index in [1.165, 1.54) is 0 Å². The first-order valence-electron chi connectivity index (χ1n) is 8.72. The quantitative estimate of drug-likeness (QED) is 0.285. The number of nitrogens with zero attached hydrogens (tertiary/aromatic N) is 4. The zero-order valence-corrected chi connectivity index (χ0v) is 19.1. The lowest BCUT2D eigenvalue weighted by Crippen LogP contribution is -2.36. The van der Waals surface area contributed by atoms with Gasteiger partial charge in [0, 0.05) is 25.4 Å². The summed E-state index contributed by atoms with van der Waals surface area (Å²) in [6.45, 7) is 0.929. The first-order chi connectivity index (χ1) is 13.7. The number of benzene rings is 1. The summed E-state index contributed by atoms with van der Waals surface area (Å²) in [7, 11) is 6.54. The van der Waals surface area contributed by atoms with Gasteiger partial charge in [-0.15, -0.1) is 34.2 Å². The number of pyridine rings is 1. The molecule has 29 heavy (non-hydrogen) atoms. The fourth-order valence-corrected chi connectivity index (χ4v) is 2.82. The highest BCUT2D eigenvalue weighted by Gasteiger charge is 2.14. The van der Waals surface area contributed by atoms with E-state index in [2.05, 4.69) is 25.8 Å². The largest absolute Gasteiger partial charge is 0.496 e. The van der Waals surface area contributed by atoms with E-state index in [0.717, 1.165) is 17.0 Å². The molecule has 0 spiro atoms. The van der Waals surface area contributed by atoms with Crippen molar-refractivity contribution in [2.75, 3.05) is 28.4 Å². The van der Waals surface area contributed by atoms with Crippen LogP contribution in [0, 0.1) is 0 Å². The number of aliphatic imine (C=N–C) groups is 1. The van der Waals surface area contributed by atoms with Crippen LogP contribution in [0.1, 0.15) is 11.4 Å². The molecular formula is C19H25IN6O3. The lowest BCUT2D eigenvalue weighted by molar-refractivity contribution is 0.368. The van der Waals surface area contributed by atoms with Crippen molar-refractivity contribution in [1.29, 1.82) is 0 Å². The first-order valence-corrected chi connectivity index (χ1v) is 8.72. The number of halogens is 1. The summed E-state index contributed by atoms with van der Waals surface area (Å²) in [4.78, 5) is 4.26. The van der Waals surface area contributed by atoms with Crippen LogP contribution in [-0.4, -0.2) is 48.9 Å². The normalized spacial score (nSPS) is 11.0. The Labute approximate surface area is 186 Å². The second-order valence-electron chi connectivity index (χ2n) is 5.83. The maximum atomic E-state index is 5.48. The molecule has 0 fully saturated rings. The summed E-state index contributed by atoms with van der Waals surface area (Å²) in [5, 5.41) is 14.9. The molecule has 2 N–H and O–H groups in total. The maximum Gasteiger partial charge on any atom is 0.191 e. The Morgan fingerprint density at radius 1 is 1.00 bits per heavy atom. The second kappa shape index (κ2) is 10.7. The Hall–Kier alpha value is -2.76. The lowest BCUT2D eigenvalue weighted by Gasteiger charge is -2.17. The van der Waals surface area contributed by atoms with Gasteiger partial charge in [-0.25, -0.2) is 0 Å². The molecule has 2 aromatic heterocycles. The highest BCUT2D eigenvalue weighted by molar-refractivity contribution is 14.0. The highest BCUT2D eigenvalue weighted by Crippen LogP contribution is 2.33. The van der Waals surface area contributed by atoms with Crippen LogP contribution >= 0.6 is 24.0 Å². The third-order valence-corrected chi connectivity index (χ3v) is 4.27. The molecule has 0 aliphatic heterocycles. The number of hydrogen-bond acceptors (Lipinski definition) is 6. The number of nitrogens with one attached hydrogen (secondary N) is 2. The van der Waals surface area contributed by atoms with Gasteiger partial charge in [0.25, 0.3) is 0 Å². The van der Waals surface area contributed by atoms with Crippen LogP contribution in [0.15, 0.2) is 41.5 Å². The molecule has 0 aliphatic rings. The molecule has 0 aliphatic carbocycles. The van der Waals surface area contributed by atoms with Crippen LogP contribution in [0.3, 0.4) is 0 Å². The molecule has 156 valence electrons. The Bertz CT molecular complexity index is 950. The van der Waals surface area contributed by atoms with E-state index in [1.807, 2.05) is 40.9 Å². The lowest BCUT2D eigenvalue weighted by atomic mass is 10.1. The molecule has 0 radical (unpaired) electrons. The first kappa shape index (κ1) is 22.5. The van der Waals surface area contributed by atoms with Crippen molar-refractivity contribution in [3.63, 3.8) is 0 Å². The predicted octanol–water partition coefficient (Wildman–Crippen LogP) is 2.24. The molecule has 10 heteroatoms. The topological polar surface area (TPSA) is 94.3 Å². The van der Waals surface area contributed by atoms with E-state index < -0.39 is 0 Å². The number of methoxy groups -OCH3 is 3. The highest BCUT2D eigenvalue weighted by atomic mass is 127. The number of aromatic nitrogens is 3. The summed E-state index contributed by atoms with van der Waals surface area (Å²) in [5.41, 5.74) is 1.66. The van der Waals surface area contributed by atoms with Crippen molar-refractivity contribution < 1.29 is 14.2 Å². The molecule has 0 amide bonds. The van der Waals surface area contributed by atoms with Crippen molar-refractivity contribution >= 4 is 35.6 Å². The maximum absolute atomic E-state index is 5.48. The van der Waals surface area contributed by atoms with Gasteiger partial charge in [0.1, 0.15) is 17.2 Å². The summed E-state index contributed by atoms with van der Waals surface area (Å²) in [5.74, 6) is 3.41. The molecule has 1 aromatic carbocycles. The van der Waals surface area contributed by atoms with Gasteiger partial charge in [0.15, 0.2) is 17.4 Å². The number of ether oxygens (including phenoxy) is 3. The average Bonchev–Trinajstić information content (AvgIpc) is 3.16.